The Morgan fingerprint density at radius 2 is 1.62 bits per heavy atom. The van der Waals surface area contributed by atoms with Crippen molar-refractivity contribution < 1.29 is 27.7 Å². The lowest BCUT2D eigenvalue weighted by molar-refractivity contribution is -0.385. The monoisotopic (exact) mass is 712 g/mol. The first-order chi connectivity index (χ1) is 22.8. The van der Waals surface area contributed by atoms with Gasteiger partial charge in [0, 0.05) is 41.2 Å². The van der Waals surface area contributed by atoms with E-state index >= 15 is 0 Å². The number of halogens is 2. The summed E-state index contributed by atoms with van der Waals surface area (Å²) in [6, 6.07) is 22.5. The number of nitro benzene ring substituents is 1. The molecule has 0 unspecified atom stereocenters. The quantitative estimate of drug-likeness (QED) is 0.122. The highest BCUT2D eigenvalue weighted by atomic mass is 35.5. The molecule has 1 N–H and O–H groups in total. The van der Waals surface area contributed by atoms with Crippen LogP contribution in [0.15, 0.2) is 95.9 Å². The van der Waals surface area contributed by atoms with E-state index in [2.05, 4.69) is 5.32 Å². The molecule has 252 valence electrons. The van der Waals surface area contributed by atoms with E-state index in [-0.39, 0.29) is 41.5 Å². The Morgan fingerprint density at radius 3 is 2.27 bits per heavy atom. The molecule has 0 aliphatic rings. The Kier molecular flexibility index (Phi) is 12.0. The minimum atomic E-state index is -4.68. The molecule has 14 heteroatoms. The maximum atomic E-state index is 14.6. The Balaban J connectivity index is 1.89. The number of nitrogens with zero attached hydrogens (tertiary/aromatic N) is 3. The summed E-state index contributed by atoms with van der Waals surface area (Å²) in [7, 11) is -3.35. The van der Waals surface area contributed by atoms with Crippen molar-refractivity contribution in [1.82, 2.24) is 10.2 Å². The second-order valence-electron chi connectivity index (χ2n) is 10.8. The van der Waals surface area contributed by atoms with Gasteiger partial charge in [-0.1, -0.05) is 71.7 Å². The van der Waals surface area contributed by atoms with Crippen molar-refractivity contribution in [2.24, 2.45) is 0 Å². The SMILES string of the molecule is CCNC(=O)[C@@H](Cc1ccccc1)N(Cc1cccc(Cl)c1)C(=O)CN(c1cc(Cl)ccc1OC)S(=O)(=O)c1ccc(C)c([N+](=O)[O-])c1. The second kappa shape index (κ2) is 16.0. The van der Waals surface area contributed by atoms with Gasteiger partial charge in [-0.2, -0.15) is 0 Å². The topological polar surface area (TPSA) is 139 Å². The van der Waals surface area contributed by atoms with Crippen LogP contribution < -0.4 is 14.4 Å². The third-order valence-corrected chi connectivity index (χ3v) is 9.74. The third kappa shape index (κ3) is 8.62. The average Bonchev–Trinajstić information content (AvgIpc) is 3.05. The zero-order valence-electron chi connectivity index (χ0n) is 26.4. The van der Waals surface area contributed by atoms with E-state index in [1.807, 2.05) is 30.3 Å². The van der Waals surface area contributed by atoms with Crippen molar-refractivity contribution in [3.05, 3.63) is 128 Å². The van der Waals surface area contributed by atoms with Crippen LogP contribution in [0.1, 0.15) is 23.6 Å². The van der Waals surface area contributed by atoms with Crippen molar-refractivity contribution in [3.8, 4) is 5.75 Å². The van der Waals surface area contributed by atoms with Crippen LogP contribution in [0.4, 0.5) is 11.4 Å². The molecule has 0 radical (unpaired) electrons. The van der Waals surface area contributed by atoms with Crippen LogP contribution in [-0.2, 0) is 32.6 Å². The number of nitrogens with one attached hydrogen (secondary N) is 1. The molecule has 48 heavy (non-hydrogen) atoms. The molecule has 1 atom stereocenters. The van der Waals surface area contributed by atoms with Crippen LogP contribution in [0.5, 0.6) is 5.75 Å². The predicted octanol–water partition coefficient (Wildman–Crippen LogP) is 6.19. The van der Waals surface area contributed by atoms with E-state index in [0.29, 0.717) is 10.6 Å². The van der Waals surface area contributed by atoms with E-state index in [1.54, 1.807) is 31.2 Å². The fourth-order valence-corrected chi connectivity index (χ4v) is 6.94. The van der Waals surface area contributed by atoms with Gasteiger partial charge in [0.05, 0.1) is 22.6 Å². The lowest BCUT2D eigenvalue weighted by atomic mass is 10.0. The number of amides is 2. The van der Waals surface area contributed by atoms with E-state index in [9.17, 15) is 28.1 Å². The molecular weight excluding hydrogens is 679 g/mol. The van der Waals surface area contributed by atoms with Crippen LogP contribution in [0, 0.1) is 17.0 Å². The summed E-state index contributed by atoms with van der Waals surface area (Å²) in [4.78, 5) is 40.1. The number of methoxy groups -OCH3 is 1. The lowest BCUT2D eigenvalue weighted by Crippen LogP contribution is -2.53. The van der Waals surface area contributed by atoms with Gasteiger partial charge in [0.15, 0.2) is 0 Å². The number of sulfonamides is 1. The number of hydrogen-bond acceptors (Lipinski definition) is 7. The summed E-state index contributed by atoms with van der Waals surface area (Å²) in [5.74, 6) is -1.11. The normalized spacial score (nSPS) is 11.8. The van der Waals surface area contributed by atoms with Gasteiger partial charge >= 0.3 is 0 Å². The van der Waals surface area contributed by atoms with Crippen molar-refractivity contribution >= 4 is 56.4 Å². The highest BCUT2D eigenvalue weighted by molar-refractivity contribution is 7.92. The van der Waals surface area contributed by atoms with E-state index in [1.165, 1.54) is 49.3 Å². The standard InChI is InChI=1S/C34H34Cl2N4O7S/c1-4-37-34(42)31(18-24-9-6-5-7-10-24)38(21-25-11-8-12-26(35)17-25)33(41)22-39(30-19-27(36)14-16-32(30)47-3)48(45,46)28-15-13-23(2)29(20-28)40(43)44/h5-17,19-20,31H,4,18,21-22H2,1-3H3,(H,37,42)/t31-/m1/s1. The summed E-state index contributed by atoms with van der Waals surface area (Å²) in [5.41, 5.74) is 1.12. The molecule has 0 bridgehead atoms. The smallest absolute Gasteiger partial charge is 0.273 e. The summed E-state index contributed by atoms with van der Waals surface area (Å²) in [6.45, 7) is 2.62. The van der Waals surface area contributed by atoms with Gasteiger partial charge < -0.3 is 15.0 Å². The second-order valence-corrected chi connectivity index (χ2v) is 13.5. The molecule has 4 aromatic carbocycles. The number of carbonyl (C=O) groups excluding carboxylic acids is 2. The highest BCUT2D eigenvalue weighted by Gasteiger charge is 2.36. The van der Waals surface area contributed by atoms with Gasteiger partial charge in [-0.25, -0.2) is 8.42 Å². The predicted molar refractivity (Wildman–Crippen MR) is 185 cm³/mol. The molecule has 0 saturated heterocycles. The first-order valence-corrected chi connectivity index (χ1v) is 17.0. The number of aryl methyl sites for hydroxylation is 1. The zero-order chi connectivity index (χ0) is 35.0. The molecule has 0 aliphatic heterocycles. The molecule has 0 aromatic heterocycles. The van der Waals surface area contributed by atoms with Crippen molar-refractivity contribution in [1.29, 1.82) is 0 Å². The highest BCUT2D eigenvalue weighted by Crippen LogP contribution is 2.36. The average molecular weight is 714 g/mol. The Hall–Kier alpha value is -4.65. The van der Waals surface area contributed by atoms with Crippen LogP contribution in [0.3, 0.4) is 0 Å². The van der Waals surface area contributed by atoms with Crippen LogP contribution >= 0.6 is 23.2 Å². The number of rotatable bonds is 14. The van der Waals surface area contributed by atoms with Crippen molar-refractivity contribution in [2.45, 2.75) is 37.8 Å². The van der Waals surface area contributed by atoms with Gasteiger partial charge in [0.25, 0.3) is 15.7 Å². The Morgan fingerprint density at radius 1 is 0.938 bits per heavy atom. The molecule has 0 saturated carbocycles. The molecule has 4 rings (SSSR count). The number of ether oxygens (including phenoxy) is 1. The van der Waals surface area contributed by atoms with Crippen LogP contribution in [0.25, 0.3) is 0 Å². The first kappa shape index (κ1) is 36.2. The van der Waals surface area contributed by atoms with Gasteiger partial charge in [0.2, 0.25) is 11.8 Å². The number of hydrogen-bond donors (Lipinski definition) is 1. The molecule has 0 aliphatic carbocycles. The molecule has 0 spiro atoms. The zero-order valence-corrected chi connectivity index (χ0v) is 28.8. The molecule has 0 fully saturated rings. The fraction of sp³-hybridized carbons (Fsp3) is 0.235. The largest absolute Gasteiger partial charge is 0.495 e. The summed E-state index contributed by atoms with van der Waals surface area (Å²) in [6.07, 6.45) is 0.121. The first-order valence-electron chi connectivity index (χ1n) is 14.8. The minimum Gasteiger partial charge on any atom is -0.495 e. The summed E-state index contributed by atoms with van der Waals surface area (Å²) < 4.78 is 35.0. The van der Waals surface area contributed by atoms with E-state index in [4.69, 9.17) is 27.9 Å². The van der Waals surface area contributed by atoms with E-state index < -0.39 is 49.9 Å². The minimum absolute atomic E-state index is 0.0725. The fourth-order valence-electron chi connectivity index (χ4n) is 5.12. The maximum Gasteiger partial charge on any atom is 0.273 e. The van der Waals surface area contributed by atoms with E-state index in [0.717, 1.165) is 15.9 Å². The number of anilines is 1. The molecule has 0 heterocycles. The number of benzene rings is 4. The Bertz CT molecular complexity index is 1910. The number of carbonyl (C=O) groups is 2. The molecule has 4 aromatic rings. The summed E-state index contributed by atoms with van der Waals surface area (Å²) in [5, 5.41) is 15.1. The maximum absolute atomic E-state index is 14.6. The van der Waals surface area contributed by atoms with Crippen LogP contribution in [-0.4, -0.2) is 56.3 Å². The Labute approximate surface area is 289 Å². The number of nitro groups is 1. The van der Waals surface area contributed by atoms with Gasteiger partial charge in [-0.05, 0) is 61.4 Å². The van der Waals surface area contributed by atoms with Crippen LogP contribution in [0.2, 0.25) is 10.0 Å². The lowest BCUT2D eigenvalue weighted by Gasteiger charge is -2.34. The molecule has 11 nitrogen and oxygen atoms in total. The molecular formula is C34H34Cl2N4O7S. The van der Waals surface area contributed by atoms with Gasteiger partial charge in [-0.3, -0.25) is 24.0 Å². The summed E-state index contributed by atoms with van der Waals surface area (Å²) >= 11 is 12.6. The van der Waals surface area contributed by atoms with Gasteiger partial charge in [-0.15, -0.1) is 0 Å². The van der Waals surface area contributed by atoms with Gasteiger partial charge in [0.1, 0.15) is 18.3 Å². The molecule has 2 amide bonds. The van der Waals surface area contributed by atoms with Crippen molar-refractivity contribution in [2.75, 3.05) is 24.5 Å². The third-order valence-electron chi connectivity index (χ3n) is 7.52. The number of likely N-dealkylation sites (N-methyl/N-ethyl adjacent to an activating group) is 1. The van der Waals surface area contributed by atoms with Crippen molar-refractivity contribution in [3.63, 3.8) is 0 Å².